The predicted molar refractivity (Wildman–Crippen MR) is 102 cm³/mol. The molecular formula is C23H25NO3. The molecule has 2 saturated heterocycles. The van der Waals surface area contributed by atoms with E-state index in [1.54, 1.807) is 0 Å². The number of hydrogen-bond acceptors (Lipinski definition) is 3. The van der Waals surface area contributed by atoms with Crippen LogP contribution in [0.3, 0.4) is 0 Å². The van der Waals surface area contributed by atoms with E-state index in [9.17, 15) is 4.79 Å². The molecular weight excluding hydrogens is 338 g/mol. The van der Waals surface area contributed by atoms with Gasteiger partial charge in [-0.2, -0.15) is 0 Å². The summed E-state index contributed by atoms with van der Waals surface area (Å²) >= 11 is 0. The van der Waals surface area contributed by atoms with Crippen LogP contribution in [0.1, 0.15) is 53.0 Å². The summed E-state index contributed by atoms with van der Waals surface area (Å²) in [5.74, 6) is 1.18. The Morgan fingerprint density at radius 3 is 2.52 bits per heavy atom. The molecule has 2 aliphatic heterocycles. The number of amides is 1. The minimum absolute atomic E-state index is 0.144. The predicted octanol–water partition coefficient (Wildman–Crippen LogP) is 4.14. The highest BCUT2D eigenvalue weighted by atomic mass is 16.7. The topological polar surface area (TPSA) is 38.8 Å². The minimum atomic E-state index is -0.340. The molecule has 0 aromatic heterocycles. The van der Waals surface area contributed by atoms with Crippen LogP contribution < -0.4 is 0 Å². The third kappa shape index (κ3) is 3.07. The average molecular weight is 363 g/mol. The van der Waals surface area contributed by atoms with Crippen LogP contribution in [0, 0.1) is 5.92 Å². The first kappa shape index (κ1) is 17.0. The number of hydrogen-bond donors (Lipinski definition) is 0. The fraction of sp³-hybridized carbons (Fsp3) is 0.435. The first-order chi connectivity index (χ1) is 13.3. The summed E-state index contributed by atoms with van der Waals surface area (Å²) in [6, 6.07) is 18.8. The van der Waals surface area contributed by atoms with Crippen molar-refractivity contribution in [1.82, 2.24) is 4.90 Å². The second-order valence-electron chi connectivity index (χ2n) is 7.84. The van der Waals surface area contributed by atoms with E-state index in [1.807, 2.05) is 24.3 Å². The zero-order valence-electron chi connectivity index (χ0n) is 15.4. The second-order valence-corrected chi connectivity index (χ2v) is 7.84. The van der Waals surface area contributed by atoms with Gasteiger partial charge in [0.1, 0.15) is 0 Å². The van der Waals surface area contributed by atoms with Gasteiger partial charge in [0.15, 0.2) is 6.29 Å². The molecule has 3 fully saturated rings. The SMILES string of the molecule is O=C(c1cccc(C2OCCO2)c1)N1C[C@H](c2ccccc2)[C@H]2CCC[C@H]21. The van der Waals surface area contributed by atoms with E-state index in [0.29, 0.717) is 31.1 Å². The lowest BCUT2D eigenvalue weighted by Crippen LogP contribution is -2.36. The number of benzene rings is 2. The van der Waals surface area contributed by atoms with Crippen LogP contribution in [0.2, 0.25) is 0 Å². The normalized spacial score (nSPS) is 27.9. The Morgan fingerprint density at radius 1 is 0.926 bits per heavy atom. The van der Waals surface area contributed by atoms with Crippen LogP contribution >= 0.6 is 0 Å². The average Bonchev–Trinajstić information content (AvgIpc) is 3.46. The monoisotopic (exact) mass is 363 g/mol. The molecule has 3 atom stereocenters. The molecule has 3 aliphatic rings. The van der Waals surface area contributed by atoms with Gasteiger partial charge in [-0.1, -0.05) is 48.9 Å². The van der Waals surface area contributed by atoms with E-state index in [-0.39, 0.29) is 12.2 Å². The highest BCUT2D eigenvalue weighted by Crippen LogP contribution is 2.46. The summed E-state index contributed by atoms with van der Waals surface area (Å²) in [5.41, 5.74) is 3.04. The van der Waals surface area contributed by atoms with Crippen LogP contribution in [0.4, 0.5) is 0 Å². The number of nitrogens with zero attached hydrogens (tertiary/aromatic N) is 1. The summed E-state index contributed by atoms with van der Waals surface area (Å²) in [7, 11) is 0. The van der Waals surface area contributed by atoms with E-state index in [0.717, 1.165) is 24.1 Å². The molecule has 0 radical (unpaired) electrons. The Morgan fingerprint density at radius 2 is 1.70 bits per heavy atom. The second kappa shape index (κ2) is 7.10. The van der Waals surface area contributed by atoms with E-state index in [2.05, 4.69) is 35.2 Å². The molecule has 2 aromatic rings. The van der Waals surface area contributed by atoms with Gasteiger partial charge in [-0.3, -0.25) is 4.79 Å². The maximum Gasteiger partial charge on any atom is 0.254 e. The number of fused-ring (bicyclic) bond motifs is 1. The van der Waals surface area contributed by atoms with Gasteiger partial charge in [-0.15, -0.1) is 0 Å². The van der Waals surface area contributed by atoms with E-state index in [4.69, 9.17) is 9.47 Å². The van der Waals surface area contributed by atoms with Gasteiger partial charge < -0.3 is 14.4 Å². The molecule has 1 aliphatic carbocycles. The summed E-state index contributed by atoms with van der Waals surface area (Å²) in [4.78, 5) is 15.5. The molecule has 4 heteroatoms. The molecule has 2 aromatic carbocycles. The maximum atomic E-state index is 13.4. The summed E-state index contributed by atoms with van der Waals surface area (Å²) < 4.78 is 11.2. The molecule has 0 spiro atoms. The van der Waals surface area contributed by atoms with Gasteiger partial charge in [-0.05, 0) is 36.5 Å². The van der Waals surface area contributed by atoms with E-state index in [1.165, 1.54) is 18.4 Å². The molecule has 1 saturated carbocycles. The third-order valence-corrected chi connectivity index (χ3v) is 6.36. The number of carbonyl (C=O) groups is 1. The van der Waals surface area contributed by atoms with Crippen molar-refractivity contribution in [2.75, 3.05) is 19.8 Å². The van der Waals surface area contributed by atoms with Gasteiger partial charge in [0.05, 0.1) is 13.2 Å². The number of ether oxygens (including phenoxy) is 2. The zero-order valence-corrected chi connectivity index (χ0v) is 15.4. The zero-order chi connectivity index (χ0) is 18.2. The molecule has 0 unspecified atom stereocenters. The minimum Gasteiger partial charge on any atom is -0.346 e. The Kier molecular flexibility index (Phi) is 4.46. The Bertz CT molecular complexity index is 815. The van der Waals surface area contributed by atoms with Crippen molar-refractivity contribution in [1.29, 1.82) is 0 Å². The molecule has 0 N–H and O–H groups in total. The Hall–Kier alpha value is -2.17. The first-order valence-corrected chi connectivity index (χ1v) is 10.0. The molecule has 4 nitrogen and oxygen atoms in total. The van der Waals surface area contributed by atoms with E-state index >= 15 is 0 Å². The van der Waals surface area contributed by atoms with Crippen LogP contribution in [0.15, 0.2) is 54.6 Å². The van der Waals surface area contributed by atoms with Crippen LogP contribution in [-0.4, -0.2) is 36.6 Å². The Balaban J connectivity index is 1.41. The number of likely N-dealkylation sites (tertiary alicyclic amines) is 1. The van der Waals surface area contributed by atoms with E-state index < -0.39 is 0 Å². The van der Waals surface area contributed by atoms with Crippen LogP contribution in [0.5, 0.6) is 0 Å². The highest BCUT2D eigenvalue weighted by Gasteiger charge is 2.46. The lowest BCUT2D eigenvalue weighted by Gasteiger charge is -2.24. The number of rotatable bonds is 3. The maximum absolute atomic E-state index is 13.4. The van der Waals surface area contributed by atoms with Gasteiger partial charge in [0.2, 0.25) is 0 Å². The largest absolute Gasteiger partial charge is 0.346 e. The molecule has 5 rings (SSSR count). The highest BCUT2D eigenvalue weighted by molar-refractivity contribution is 5.95. The first-order valence-electron chi connectivity index (χ1n) is 10.0. The molecule has 2 heterocycles. The van der Waals surface area contributed by atoms with Crippen molar-refractivity contribution in [2.45, 2.75) is 37.5 Å². The Labute approximate surface area is 160 Å². The van der Waals surface area contributed by atoms with Gasteiger partial charge in [0, 0.05) is 29.6 Å². The lowest BCUT2D eigenvalue weighted by molar-refractivity contribution is -0.0441. The smallest absolute Gasteiger partial charge is 0.254 e. The number of carbonyl (C=O) groups excluding carboxylic acids is 1. The van der Waals surface area contributed by atoms with Crippen molar-refractivity contribution >= 4 is 5.91 Å². The third-order valence-electron chi connectivity index (χ3n) is 6.36. The fourth-order valence-corrected chi connectivity index (χ4v) is 5.13. The standard InChI is InChI=1S/C23H25NO3/c25-22(17-8-4-9-18(14-17)23-26-12-13-27-23)24-15-20(16-6-2-1-3-7-16)19-10-5-11-21(19)24/h1-4,6-9,14,19-21,23H,5,10-13,15H2/t19-,20-,21-/m1/s1. The lowest BCUT2D eigenvalue weighted by atomic mass is 9.87. The molecule has 0 bridgehead atoms. The van der Waals surface area contributed by atoms with Gasteiger partial charge in [-0.25, -0.2) is 0 Å². The summed E-state index contributed by atoms with van der Waals surface area (Å²) in [6.45, 7) is 2.04. The quantitative estimate of drug-likeness (QED) is 0.823. The van der Waals surface area contributed by atoms with Crippen LogP contribution in [0.25, 0.3) is 0 Å². The molecule has 140 valence electrons. The van der Waals surface area contributed by atoms with Crippen molar-refractivity contribution < 1.29 is 14.3 Å². The van der Waals surface area contributed by atoms with Crippen molar-refractivity contribution in [3.8, 4) is 0 Å². The van der Waals surface area contributed by atoms with Crippen molar-refractivity contribution in [3.63, 3.8) is 0 Å². The molecule has 27 heavy (non-hydrogen) atoms. The van der Waals surface area contributed by atoms with Crippen LogP contribution in [-0.2, 0) is 9.47 Å². The van der Waals surface area contributed by atoms with Crippen molar-refractivity contribution in [3.05, 3.63) is 71.3 Å². The summed E-state index contributed by atoms with van der Waals surface area (Å²) in [6.07, 6.45) is 3.21. The van der Waals surface area contributed by atoms with Crippen molar-refractivity contribution in [2.24, 2.45) is 5.92 Å². The summed E-state index contributed by atoms with van der Waals surface area (Å²) in [5, 5.41) is 0. The fourth-order valence-electron chi connectivity index (χ4n) is 5.13. The van der Waals surface area contributed by atoms with Gasteiger partial charge in [0.25, 0.3) is 5.91 Å². The molecule has 1 amide bonds. The van der Waals surface area contributed by atoms with Gasteiger partial charge >= 0.3 is 0 Å².